The van der Waals surface area contributed by atoms with Crippen molar-refractivity contribution in [2.45, 2.75) is 381 Å². The molecule has 0 aliphatic heterocycles. The summed E-state index contributed by atoms with van der Waals surface area (Å²) in [5.41, 5.74) is 0. The zero-order valence-corrected chi connectivity index (χ0v) is 61.1. The van der Waals surface area contributed by atoms with Gasteiger partial charge < -0.3 is 33.8 Å². The Morgan fingerprint density at radius 1 is 0.319 bits per heavy atom. The van der Waals surface area contributed by atoms with Crippen molar-refractivity contribution in [2.75, 3.05) is 39.6 Å². The molecule has 0 aromatic rings. The molecule has 0 aliphatic rings. The number of unbranched alkanes of at least 4 members (excludes halogenated alkanes) is 37. The van der Waals surface area contributed by atoms with Crippen molar-refractivity contribution < 1.29 is 80.2 Å². The molecule has 6 atom stereocenters. The monoisotopic (exact) mass is 1340 g/mol. The van der Waals surface area contributed by atoms with Gasteiger partial charge in [0.15, 0.2) is 12.2 Å². The molecule has 3 unspecified atom stereocenters. The molecular weight excluding hydrogens is 1200 g/mol. The number of aliphatic hydroxyl groups is 1. The van der Waals surface area contributed by atoms with Crippen molar-refractivity contribution in [3.8, 4) is 0 Å². The number of esters is 4. The molecule has 0 amide bonds. The highest BCUT2D eigenvalue weighted by atomic mass is 31.2. The Hall–Kier alpha value is -1.94. The lowest BCUT2D eigenvalue weighted by atomic mass is 10.00. The maximum Gasteiger partial charge on any atom is 0.472 e. The fraction of sp³-hybridized carbons (Fsp3) is 0.944. The average Bonchev–Trinajstić information content (AvgIpc) is 3.72. The largest absolute Gasteiger partial charge is 0.472 e. The van der Waals surface area contributed by atoms with Gasteiger partial charge in [0.2, 0.25) is 0 Å². The number of rotatable bonds is 70. The van der Waals surface area contributed by atoms with Crippen LogP contribution in [0.1, 0.15) is 363 Å². The lowest BCUT2D eigenvalue weighted by molar-refractivity contribution is -0.161. The minimum Gasteiger partial charge on any atom is -0.462 e. The molecule has 0 heterocycles. The first-order valence-corrected chi connectivity index (χ1v) is 40.4. The molecule has 0 rings (SSSR count). The van der Waals surface area contributed by atoms with Crippen molar-refractivity contribution in [1.29, 1.82) is 0 Å². The van der Waals surface area contributed by atoms with E-state index in [0.717, 1.165) is 108 Å². The highest BCUT2D eigenvalue weighted by Gasteiger charge is 2.30. The van der Waals surface area contributed by atoms with E-state index in [1.54, 1.807) is 0 Å². The molecule has 91 heavy (non-hydrogen) atoms. The Bertz CT molecular complexity index is 1790. The van der Waals surface area contributed by atoms with E-state index in [1.165, 1.54) is 173 Å². The topological polar surface area (TPSA) is 237 Å². The first kappa shape index (κ1) is 89.1. The van der Waals surface area contributed by atoms with E-state index >= 15 is 0 Å². The summed E-state index contributed by atoms with van der Waals surface area (Å²) in [6, 6.07) is 0. The number of phosphoric acid groups is 2. The quantitative estimate of drug-likeness (QED) is 0.0222. The standard InChI is InChI=1S/C72H140O17P2/c1-8-10-11-12-13-14-26-31-39-46-53-69(74)83-60-68(89-72(77)56-49-42-35-34-38-45-52-65(7)9-2)62-87-91(80,81)85-58-66(73)57-84-90(78,79)86-61-67(59-82-70(75)54-47-40-32-28-23-25-30-37-44-51-64(5)6)88-71(76)55-48-41-33-27-22-20-18-16-15-17-19-21-24-29-36-43-50-63(3)4/h63-68,73H,8-62H2,1-7H3,(H,78,79)(H,80,81)/t65?,66-,67-,68-/m1/s1. The summed E-state index contributed by atoms with van der Waals surface area (Å²) in [4.78, 5) is 72.6. The van der Waals surface area contributed by atoms with Crippen LogP contribution in [0.5, 0.6) is 0 Å². The third-order valence-corrected chi connectivity index (χ3v) is 18.9. The summed E-state index contributed by atoms with van der Waals surface area (Å²) in [5, 5.41) is 10.6. The van der Waals surface area contributed by atoms with Crippen LogP contribution in [0.2, 0.25) is 0 Å². The van der Waals surface area contributed by atoms with E-state index in [-0.39, 0.29) is 25.7 Å². The lowest BCUT2D eigenvalue weighted by Crippen LogP contribution is -2.30. The SMILES string of the molecule is CCCCCCCCCCCCC(=O)OC[C@H](COP(=O)(O)OC[C@H](O)COP(=O)(O)OC[C@@H](COC(=O)CCCCCCCCCCCC(C)C)OC(=O)CCCCCCCCCCCCCCCCCCC(C)C)OC(=O)CCCCCCCCC(C)CC. The van der Waals surface area contributed by atoms with Crippen LogP contribution in [0.25, 0.3) is 0 Å². The number of hydrogen-bond donors (Lipinski definition) is 3. The van der Waals surface area contributed by atoms with E-state index in [0.29, 0.717) is 25.7 Å². The van der Waals surface area contributed by atoms with Crippen LogP contribution in [0.3, 0.4) is 0 Å². The second-order valence-electron chi connectivity index (χ2n) is 27.2. The molecule has 0 aromatic heterocycles. The number of ether oxygens (including phenoxy) is 4. The molecule has 0 fully saturated rings. The van der Waals surface area contributed by atoms with E-state index in [4.69, 9.17) is 37.0 Å². The maximum absolute atomic E-state index is 13.0. The zero-order chi connectivity index (χ0) is 67.3. The van der Waals surface area contributed by atoms with Gasteiger partial charge in [0.1, 0.15) is 19.3 Å². The predicted octanol–water partition coefficient (Wildman–Crippen LogP) is 20.6. The first-order chi connectivity index (χ1) is 43.8. The normalized spacial score (nSPS) is 14.5. The van der Waals surface area contributed by atoms with E-state index < -0.39 is 97.5 Å². The Morgan fingerprint density at radius 2 is 0.560 bits per heavy atom. The van der Waals surface area contributed by atoms with Gasteiger partial charge in [0, 0.05) is 25.7 Å². The van der Waals surface area contributed by atoms with Gasteiger partial charge in [0.25, 0.3) is 0 Å². The Morgan fingerprint density at radius 3 is 0.835 bits per heavy atom. The molecule has 3 N–H and O–H groups in total. The predicted molar refractivity (Wildman–Crippen MR) is 368 cm³/mol. The molecule has 0 saturated carbocycles. The van der Waals surface area contributed by atoms with Crippen molar-refractivity contribution in [3.05, 3.63) is 0 Å². The molecule has 0 aromatic carbocycles. The zero-order valence-electron chi connectivity index (χ0n) is 59.3. The molecule has 17 nitrogen and oxygen atoms in total. The summed E-state index contributed by atoms with van der Waals surface area (Å²) in [7, 11) is -9.90. The summed E-state index contributed by atoms with van der Waals surface area (Å²) >= 11 is 0. The molecule has 0 radical (unpaired) electrons. The van der Waals surface area contributed by atoms with Crippen LogP contribution in [-0.2, 0) is 65.4 Å². The fourth-order valence-corrected chi connectivity index (χ4v) is 12.4. The molecule has 0 spiro atoms. The van der Waals surface area contributed by atoms with Crippen LogP contribution in [0, 0.1) is 17.8 Å². The summed E-state index contributed by atoms with van der Waals surface area (Å²) < 4.78 is 68.3. The van der Waals surface area contributed by atoms with Crippen LogP contribution < -0.4 is 0 Å². The number of phosphoric ester groups is 2. The summed E-state index contributed by atoms with van der Waals surface area (Å²) in [6.07, 6.45) is 47.3. The smallest absolute Gasteiger partial charge is 0.462 e. The van der Waals surface area contributed by atoms with E-state index in [2.05, 4.69) is 48.5 Å². The Balaban J connectivity index is 5.21. The van der Waals surface area contributed by atoms with Gasteiger partial charge in [0.05, 0.1) is 26.4 Å². The van der Waals surface area contributed by atoms with Gasteiger partial charge in [-0.25, -0.2) is 9.13 Å². The molecule has 0 saturated heterocycles. The maximum atomic E-state index is 13.0. The van der Waals surface area contributed by atoms with E-state index in [9.17, 15) is 43.2 Å². The van der Waals surface area contributed by atoms with Crippen molar-refractivity contribution in [3.63, 3.8) is 0 Å². The fourth-order valence-electron chi connectivity index (χ4n) is 10.9. The van der Waals surface area contributed by atoms with Gasteiger partial charge in [-0.15, -0.1) is 0 Å². The van der Waals surface area contributed by atoms with E-state index in [1.807, 2.05) is 0 Å². The first-order valence-electron chi connectivity index (χ1n) is 37.4. The van der Waals surface area contributed by atoms with Crippen LogP contribution in [0.4, 0.5) is 0 Å². The molecular formula is C72H140O17P2. The Kier molecular flexibility index (Phi) is 61.5. The Labute approximate surface area is 556 Å². The lowest BCUT2D eigenvalue weighted by Gasteiger charge is -2.21. The third kappa shape index (κ3) is 65.1. The van der Waals surface area contributed by atoms with Crippen molar-refractivity contribution >= 4 is 39.5 Å². The second kappa shape index (κ2) is 62.8. The van der Waals surface area contributed by atoms with Gasteiger partial charge in [-0.05, 0) is 43.4 Å². The molecule has 0 aliphatic carbocycles. The van der Waals surface area contributed by atoms with Crippen LogP contribution in [0.15, 0.2) is 0 Å². The van der Waals surface area contributed by atoms with Gasteiger partial charge in [-0.3, -0.25) is 37.3 Å². The minimum atomic E-state index is -4.95. The number of hydrogen-bond acceptors (Lipinski definition) is 15. The highest BCUT2D eigenvalue weighted by molar-refractivity contribution is 7.47. The molecule has 540 valence electrons. The molecule has 19 heteroatoms. The van der Waals surface area contributed by atoms with Gasteiger partial charge in [-0.1, -0.05) is 312 Å². The summed E-state index contributed by atoms with van der Waals surface area (Å²) in [6.45, 7) is 11.8. The molecule has 0 bridgehead atoms. The highest BCUT2D eigenvalue weighted by Crippen LogP contribution is 2.45. The van der Waals surface area contributed by atoms with Crippen molar-refractivity contribution in [1.82, 2.24) is 0 Å². The number of carbonyl (C=O) groups excluding carboxylic acids is 4. The number of aliphatic hydroxyl groups excluding tert-OH is 1. The van der Waals surface area contributed by atoms with Crippen LogP contribution in [-0.4, -0.2) is 96.7 Å². The van der Waals surface area contributed by atoms with Crippen LogP contribution >= 0.6 is 15.6 Å². The van der Waals surface area contributed by atoms with Gasteiger partial charge >= 0.3 is 39.5 Å². The third-order valence-electron chi connectivity index (χ3n) is 17.0. The number of carbonyl (C=O) groups is 4. The minimum absolute atomic E-state index is 0.103. The second-order valence-corrected chi connectivity index (χ2v) is 30.1. The summed E-state index contributed by atoms with van der Waals surface area (Å²) in [5.74, 6) is 0.147. The van der Waals surface area contributed by atoms with Crippen molar-refractivity contribution in [2.24, 2.45) is 17.8 Å². The average molecular weight is 1340 g/mol. The van der Waals surface area contributed by atoms with Gasteiger partial charge in [-0.2, -0.15) is 0 Å².